The smallest absolute Gasteiger partial charge is 0.255 e. The standard InChI is InChI=1S/C31H32Cl2N8O/c1-19(29-38-26-10-9-20(32)13-28(26)39-29)37-30-24-14-25(33)23(15-27(24)35-18-36-30)31(42)41-12-6-4-8-22(41)17-40(2)16-21-7-3-5-11-34-21/h3,5,7,9-11,13-15,18-19,22H,4,6,8,12,16-17H2,1-2H3,(H,38,39)(H,35,36,37)/t19-,22-/m0/s1. The van der Waals surface area contributed by atoms with E-state index in [1.165, 1.54) is 6.33 Å². The lowest BCUT2D eigenvalue weighted by Gasteiger charge is -2.38. The highest BCUT2D eigenvalue weighted by molar-refractivity contribution is 6.35. The number of benzene rings is 2. The van der Waals surface area contributed by atoms with Crippen molar-refractivity contribution < 1.29 is 4.79 Å². The zero-order valence-electron chi connectivity index (χ0n) is 23.5. The molecule has 4 heterocycles. The number of carbonyl (C=O) groups is 1. The number of hydrogen-bond donors (Lipinski definition) is 2. The summed E-state index contributed by atoms with van der Waals surface area (Å²) < 4.78 is 0. The Morgan fingerprint density at radius 2 is 2.00 bits per heavy atom. The number of likely N-dealkylation sites (tertiary alicyclic amines) is 1. The molecule has 1 aliphatic rings. The molecule has 2 atom stereocenters. The number of likely N-dealkylation sites (N-methyl/N-ethyl adjacent to an activating group) is 1. The number of halogens is 2. The zero-order valence-corrected chi connectivity index (χ0v) is 25.0. The summed E-state index contributed by atoms with van der Waals surface area (Å²) in [4.78, 5) is 39.5. The Balaban J connectivity index is 1.21. The number of rotatable bonds is 8. The minimum atomic E-state index is -0.188. The molecule has 0 aliphatic carbocycles. The van der Waals surface area contributed by atoms with E-state index in [9.17, 15) is 4.79 Å². The van der Waals surface area contributed by atoms with Gasteiger partial charge in [-0.05, 0) is 75.7 Å². The van der Waals surface area contributed by atoms with Gasteiger partial charge < -0.3 is 15.2 Å². The Kier molecular flexibility index (Phi) is 8.24. The van der Waals surface area contributed by atoms with E-state index in [-0.39, 0.29) is 18.0 Å². The molecule has 0 unspecified atom stereocenters. The average Bonchev–Trinajstić information content (AvgIpc) is 3.41. The Morgan fingerprint density at radius 3 is 2.83 bits per heavy atom. The molecule has 1 amide bonds. The number of nitrogens with one attached hydrogen (secondary N) is 2. The summed E-state index contributed by atoms with van der Waals surface area (Å²) in [6.07, 6.45) is 6.32. The number of imidazole rings is 1. The van der Waals surface area contributed by atoms with Gasteiger partial charge in [0.05, 0.1) is 38.9 Å². The summed E-state index contributed by atoms with van der Waals surface area (Å²) >= 11 is 12.9. The van der Waals surface area contributed by atoms with Crippen molar-refractivity contribution in [2.45, 2.75) is 44.8 Å². The number of H-pyrrole nitrogens is 1. The molecule has 0 radical (unpaired) electrons. The maximum Gasteiger partial charge on any atom is 0.255 e. The van der Waals surface area contributed by atoms with Crippen LogP contribution in [0.1, 0.15) is 54.1 Å². The number of pyridine rings is 1. The monoisotopic (exact) mass is 602 g/mol. The number of piperidine rings is 1. The Morgan fingerprint density at radius 1 is 1.12 bits per heavy atom. The molecule has 0 saturated carbocycles. The van der Waals surface area contributed by atoms with E-state index in [0.717, 1.165) is 60.3 Å². The highest BCUT2D eigenvalue weighted by Crippen LogP contribution is 2.31. The molecule has 3 aromatic heterocycles. The number of amides is 1. The van der Waals surface area contributed by atoms with Crippen molar-refractivity contribution in [3.8, 4) is 0 Å². The predicted molar refractivity (Wildman–Crippen MR) is 167 cm³/mol. The first-order chi connectivity index (χ1) is 20.4. The molecule has 0 spiro atoms. The number of nitrogens with zero attached hydrogens (tertiary/aromatic N) is 6. The third-order valence-electron chi connectivity index (χ3n) is 7.75. The highest BCUT2D eigenvalue weighted by atomic mass is 35.5. The van der Waals surface area contributed by atoms with Crippen molar-refractivity contribution in [3.05, 3.63) is 88.2 Å². The van der Waals surface area contributed by atoms with Crippen LogP contribution in [-0.4, -0.2) is 66.8 Å². The Labute approximate surface area is 254 Å². The Bertz CT molecular complexity index is 1730. The largest absolute Gasteiger partial charge is 0.360 e. The second-order valence-corrected chi connectivity index (χ2v) is 11.7. The third kappa shape index (κ3) is 6.04. The summed E-state index contributed by atoms with van der Waals surface area (Å²) in [6.45, 7) is 4.18. The van der Waals surface area contributed by atoms with Gasteiger partial charge >= 0.3 is 0 Å². The van der Waals surface area contributed by atoms with Crippen molar-refractivity contribution in [3.63, 3.8) is 0 Å². The summed E-state index contributed by atoms with van der Waals surface area (Å²) in [5, 5.41) is 5.17. The van der Waals surface area contributed by atoms with Gasteiger partial charge in [0, 0.05) is 42.3 Å². The SMILES string of the molecule is C[C@H](Nc1ncnc2cc(C(=O)N3CCCC[C@H]3CN(C)Cc3ccccn3)c(Cl)cc12)c1nc2cc(Cl)ccc2[nH]1. The van der Waals surface area contributed by atoms with Crippen molar-refractivity contribution >= 4 is 56.9 Å². The maximum absolute atomic E-state index is 13.9. The molecule has 42 heavy (non-hydrogen) atoms. The Hall–Kier alpha value is -3.79. The van der Waals surface area contributed by atoms with Crippen LogP contribution < -0.4 is 5.32 Å². The first-order valence-corrected chi connectivity index (χ1v) is 14.9. The molecule has 2 N–H and O–H groups in total. The first kappa shape index (κ1) is 28.3. The van der Waals surface area contributed by atoms with Crippen LogP contribution in [0.25, 0.3) is 21.9 Å². The van der Waals surface area contributed by atoms with Crippen molar-refractivity contribution in [1.29, 1.82) is 0 Å². The predicted octanol–water partition coefficient (Wildman–Crippen LogP) is 6.51. The fourth-order valence-electron chi connectivity index (χ4n) is 5.64. The molecule has 9 nitrogen and oxygen atoms in total. The van der Waals surface area contributed by atoms with Crippen LogP contribution >= 0.6 is 23.2 Å². The van der Waals surface area contributed by atoms with Crippen LogP contribution in [0.4, 0.5) is 5.82 Å². The fraction of sp³-hybridized carbons (Fsp3) is 0.323. The molecule has 1 fully saturated rings. The number of carbonyl (C=O) groups excluding carboxylic acids is 1. The third-order valence-corrected chi connectivity index (χ3v) is 8.30. The zero-order chi connectivity index (χ0) is 29.2. The summed E-state index contributed by atoms with van der Waals surface area (Å²) in [7, 11) is 2.07. The number of aromatic amines is 1. The van der Waals surface area contributed by atoms with Gasteiger partial charge in [-0.25, -0.2) is 15.0 Å². The van der Waals surface area contributed by atoms with Crippen LogP contribution in [0.2, 0.25) is 10.0 Å². The fourth-order valence-corrected chi connectivity index (χ4v) is 6.05. The number of anilines is 1. The van der Waals surface area contributed by atoms with E-state index in [2.05, 4.69) is 42.2 Å². The average molecular weight is 604 g/mol. The van der Waals surface area contributed by atoms with Crippen LogP contribution in [0.5, 0.6) is 0 Å². The van der Waals surface area contributed by atoms with E-state index >= 15 is 0 Å². The molecule has 11 heteroatoms. The van der Waals surface area contributed by atoms with Crippen molar-refractivity contribution in [1.82, 2.24) is 34.7 Å². The normalized spacial score (nSPS) is 16.3. The highest BCUT2D eigenvalue weighted by Gasteiger charge is 2.30. The van der Waals surface area contributed by atoms with E-state index in [0.29, 0.717) is 33.5 Å². The number of fused-ring (bicyclic) bond motifs is 2. The van der Waals surface area contributed by atoms with E-state index < -0.39 is 0 Å². The summed E-state index contributed by atoms with van der Waals surface area (Å²) in [6, 6.07) is 15.0. The van der Waals surface area contributed by atoms with Gasteiger partial charge in [-0.15, -0.1) is 0 Å². The molecule has 1 aliphatic heterocycles. The number of hydrogen-bond acceptors (Lipinski definition) is 7. The number of aromatic nitrogens is 5. The molecule has 1 saturated heterocycles. The van der Waals surface area contributed by atoms with Crippen molar-refractivity contribution in [2.75, 3.05) is 25.5 Å². The molecular weight excluding hydrogens is 571 g/mol. The van der Waals surface area contributed by atoms with E-state index in [1.54, 1.807) is 12.1 Å². The molecule has 216 valence electrons. The lowest BCUT2D eigenvalue weighted by atomic mass is 9.99. The molecule has 2 aromatic carbocycles. The van der Waals surface area contributed by atoms with Gasteiger partial charge in [-0.3, -0.25) is 14.7 Å². The maximum atomic E-state index is 13.9. The quantitative estimate of drug-likeness (QED) is 0.209. The topological polar surface area (TPSA) is 103 Å². The van der Waals surface area contributed by atoms with Crippen LogP contribution in [0, 0.1) is 0 Å². The lowest BCUT2D eigenvalue weighted by Crippen LogP contribution is -2.48. The minimum absolute atomic E-state index is 0.0692. The molecule has 0 bridgehead atoms. The van der Waals surface area contributed by atoms with Gasteiger partial charge in [0.15, 0.2) is 0 Å². The van der Waals surface area contributed by atoms with Gasteiger partial charge in [0.25, 0.3) is 5.91 Å². The van der Waals surface area contributed by atoms with Crippen LogP contribution in [0.3, 0.4) is 0 Å². The first-order valence-electron chi connectivity index (χ1n) is 14.1. The van der Waals surface area contributed by atoms with Gasteiger partial charge in [-0.1, -0.05) is 29.3 Å². The van der Waals surface area contributed by atoms with Crippen LogP contribution in [0.15, 0.2) is 61.1 Å². The molecule has 6 rings (SSSR count). The van der Waals surface area contributed by atoms with Gasteiger partial charge in [-0.2, -0.15) is 0 Å². The lowest BCUT2D eigenvalue weighted by molar-refractivity contribution is 0.0557. The second-order valence-electron chi connectivity index (χ2n) is 10.9. The molecular formula is C31H32Cl2N8O. The van der Waals surface area contributed by atoms with Crippen LogP contribution in [-0.2, 0) is 6.54 Å². The van der Waals surface area contributed by atoms with Crippen molar-refractivity contribution in [2.24, 2.45) is 0 Å². The second kappa shape index (κ2) is 12.2. The summed E-state index contributed by atoms with van der Waals surface area (Å²) in [5.74, 6) is 1.29. The van der Waals surface area contributed by atoms with E-state index in [4.69, 9.17) is 23.2 Å². The van der Waals surface area contributed by atoms with Gasteiger partial charge in [0.2, 0.25) is 0 Å². The summed E-state index contributed by atoms with van der Waals surface area (Å²) in [5.41, 5.74) is 3.80. The van der Waals surface area contributed by atoms with E-state index in [1.807, 2.05) is 54.4 Å². The minimum Gasteiger partial charge on any atom is -0.360 e. The molecule has 5 aromatic rings. The van der Waals surface area contributed by atoms with Gasteiger partial charge in [0.1, 0.15) is 18.0 Å².